The number of fused-ring (bicyclic) bond motifs is 1. The van der Waals surface area contributed by atoms with Crippen molar-refractivity contribution in [1.82, 2.24) is 18.7 Å². The highest BCUT2D eigenvalue weighted by molar-refractivity contribution is 6.30. The van der Waals surface area contributed by atoms with Gasteiger partial charge < -0.3 is 9.30 Å². The number of ether oxygens (including phenoxy) is 1. The summed E-state index contributed by atoms with van der Waals surface area (Å²) < 4.78 is 9.01. The van der Waals surface area contributed by atoms with E-state index in [0.29, 0.717) is 21.8 Å². The molecule has 0 saturated heterocycles. The third kappa shape index (κ3) is 3.55. The van der Waals surface area contributed by atoms with Gasteiger partial charge in [-0.15, -0.1) is 0 Å². The van der Waals surface area contributed by atoms with Crippen LogP contribution in [0.4, 0.5) is 0 Å². The zero-order valence-electron chi connectivity index (χ0n) is 16.9. The van der Waals surface area contributed by atoms with Gasteiger partial charge in [-0.3, -0.25) is 9.36 Å². The Morgan fingerprint density at radius 1 is 1.13 bits per heavy atom. The monoisotopic (exact) mass is 438 g/mol. The second kappa shape index (κ2) is 8.23. The SMILES string of the molecule is CCn1c(=O)c2c(ncn2Cc2ccccc2C(=O)OC)n(-c2cccc(Cl)c2)c1=O. The average molecular weight is 439 g/mol. The van der Waals surface area contributed by atoms with Crippen LogP contribution >= 0.6 is 11.6 Å². The zero-order chi connectivity index (χ0) is 22.1. The van der Waals surface area contributed by atoms with Crippen LogP contribution in [0.25, 0.3) is 16.9 Å². The number of carbonyl (C=O) groups is 1. The highest BCUT2D eigenvalue weighted by Gasteiger charge is 2.20. The van der Waals surface area contributed by atoms with Crippen LogP contribution in [0.15, 0.2) is 64.4 Å². The predicted molar refractivity (Wildman–Crippen MR) is 117 cm³/mol. The van der Waals surface area contributed by atoms with Gasteiger partial charge in [-0.1, -0.05) is 35.9 Å². The van der Waals surface area contributed by atoms with Crippen molar-refractivity contribution in [2.24, 2.45) is 0 Å². The number of methoxy groups -OCH3 is 1. The normalized spacial score (nSPS) is 11.1. The number of imidazole rings is 1. The van der Waals surface area contributed by atoms with Crippen LogP contribution in [0.5, 0.6) is 0 Å². The van der Waals surface area contributed by atoms with Gasteiger partial charge >= 0.3 is 11.7 Å². The van der Waals surface area contributed by atoms with Crippen molar-refractivity contribution >= 4 is 28.7 Å². The number of hydrogen-bond donors (Lipinski definition) is 0. The first-order chi connectivity index (χ1) is 15.0. The molecule has 0 amide bonds. The number of rotatable bonds is 5. The third-order valence-electron chi connectivity index (χ3n) is 5.05. The average Bonchev–Trinajstić information content (AvgIpc) is 3.17. The van der Waals surface area contributed by atoms with E-state index in [9.17, 15) is 14.4 Å². The van der Waals surface area contributed by atoms with Crippen molar-refractivity contribution in [3.63, 3.8) is 0 Å². The highest BCUT2D eigenvalue weighted by atomic mass is 35.5. The minimum absolute atomic E-state index is 0.193. The lowest BCUT2D eigenvalue weighted by atomic mass is 10.1. The van der Waals surface area contributed by atoms with Crippen LogP contribution in [0.1, 0.15) is 22.8 Å². The lowest BCUT2D eigenvalue weighted by Gasteiger charge is -2.12. The van der Waals surface area contributed by atoms with E-state index in [0.717, 1.165) is 4.57 Å². The Bertz CT molecular complexity index is 1420. The van der Waals surface area contributed by atoms with E-state index in [-0.39, 0.29) is 24.3 Å². The summed E-state index contributed by atoms with van der Waals surface area (Å²) in [5.74, 6) is -0.471. The van der Waals surface area contributed by atoms with Crippen LogP contribution in [0, 0.1) is 0 Å². The molecule has 31 heavy (non-hydrogen) atoms. The maximum Gasteiger partial charge on any atom is 0.338 e. The second-order valence-electron chi connectivity index (χ2n) is 6.84. The van der Waals surface area contributed by atoms with E-state index < -0.39 is 17.2 Å². The molecular weight excluding hydrogens is 420 g/mol. The third-order valence-corrected chi connectivity index (χ3v) is 5.28. The summed E-state index contributed by atoms with van der Waals surface area (Å²) in [6.45, 7) is 2.12. The number of carbonyl (C=O) groups excluding carboxylic acids is 1. The van der Waals surface area contributed by atoms with Crippen LogP contribution in [0.3, 0.4) is 0 Å². The molecular formula is C22H19ClN4O4. The summed E-state index contributed by atoms with van der Waals surface area (Å²) in [5.41, 5.74) is 1.09. The first kappa shape index (κ1) is 20.6. The number of aromatic nitrogens is 4. The quantitative estimate of drug-likeness (QED) is 0.447. The molecule has 0 radical (unpaired) electrons. The molecule has 0 aliphatic heterocycles. The van der Waals surface area contributed by atoms with Crippen LogP contribution in [-0.4, -0.2) is 31.8 Å². The van der Waals surface area contributed by atoms with Gasteiger partial charge in [0.2, 0.25) is 0 Å². The maximum atomic E-state index is 13.1. The summed E-state index contributed by atoms with van der Waals surface area (Å²) in [7, 11) is 1.31. The number of esters is 1. The van der Waals surface area contributed by atoms with E-state index in [4.69, 9.17) is 16.3 Å². The van der Waals surface area contributed by atoms with Gasteiger partial charge in [-0.25, -0.2) is 19.1 Å². The van der Waals surface area contributed by atoms with Crippen molar-refractivity contribution in [3.05, 3.63) is 91.8 Å². The van der Waals surface area contributed by atoms with E-state index in [2.05, 4.69) is 4.98 Å². The molecule has 2 aromatic carbocycles. The van der Waals surface area contributed by atoms with Gasteiger partial charge in [0.1, 0.15) is 0 Å². The molecule has 0 aliphatic rings. The molecule has 0 N–H and O–H groups in total. The molecule has 0 bridgehead atoms. The highest BCUT2D eigenvalue weighted by Crippen LogP contribution is 2.19. The van der Waals surface area contributed by atoms with Gasteiger partial charge in [0.05, 0.1) is 31.2 Å². The summed E-state index contributed by atoms with van der Waals surface area (Å²) in [4.78, 5) is 42.7. The van der Waals surface area contributed by atoms with Gasteiger partial charge in [0.25, 0.3) is 5.56 Å². The van der Waals surface area contributed by atoms with Gasteiger partial charge in [-0.05, 0) is 36.8 Å². The lowest BCUT2D eigenvalue weighted by molar-refractivity contribution is 0.0599. The van der Waals surface area contributed by atoms with Gasteiger partial charge in [0.15, 0.2) is 11.2 Å². The molecule has 158 valence electrons. The molecule has 4 aromatic rings. The van der Waals surface area contributed by atoms with Crippen molar-refractivity contribution in [3.8, 4) is 5.69 Å². The molecule has 0 unspecified atom stereocenters. The number of nitrogens with zero attached hydrogens (tertiary/aromatic N) is 4. The van der Waals surface area contributed by atoms with Crippen molar-refractivity contribution in [1.29, 1.82) is 0 Å². The van der Waals surface area contributed by atoms with Crippen molar-refractivity contribution in [2.75, 3.05) is 7.11 Å². The molecule has 0 spiro atoms. The van der Waals surface area contributed by atoms with Crippen LogP contribution < -0.4 is 11.2 Å². The van der Waals surface area contributed by atoms with Crippen LogP contribution in [0.2, 0.25) is 5.02 Å². The summed E-state index contributed by atoms with van der Waals surface area (Å²) in [6, 6.07) is 13.8. The molecule has 0 fully saturated rings. The topological polar surface area (TPSA) is 88.1 Å². The standard InChI is InChI=1S/C22H19ClN4O4/c1-3-26-20(28)18-19(27(22(26)30)16-9-6-8-15(23)11-16)24-13-25(18)12-14-7-4-5-10-17(14)21(29)31-2/h4-11,13H,3,12H2,1-2H3. The first-order valence-electron chi connectivity index (χ1n) is 9.59. The number of halogens is 1. The summed E-state index contributed by atoms with van der Waals surface area (Å²) in [5, 5.41) is 0.457. The minimum atomic E-state index is -0.498. The fourth-order valence-corrected chi connectivity index (χ4v) is 3.76. The van der Waals surface area contributed by atoms with E-state index in [1.165, 1.54) is 18.0 Å². The molecule has 0 atom stereocenters. The zero-order valence-corrected chi connectivity index (χ0v) is 17.7. The molecule has 2 aromatic heterocycles. The minimum Gasteiger partial charge on any atom is -0.465 e. The number of hydrogen-bond acceptors (Lipinski definition) is 5. The van der Waals surface area contributed by atoms with E-state index in [1.807, 2.05) is 0 Å². The molecule has 0 aliphatic carbocycles. The van der Waals surface area contributed by atoms with Gasteiger partial charge in [0, 0.05) is 11.6 Å². The Morgan fingerprint density at radius 2 is 1.90 bits per heavy atom. The fraction of sp³-hybridized carbons (Fsp3) is 0.182. The molecule has 8 nitrogen and oxygen atoms in total. The molecule has 9 heteroatoms. The largest absolute Gasteiger partial charge is 0.465 e. The number of benzene rings is 2. The van der Waals surface area contributed by atoms with E-state index >= 15 is 0 Å². The van der Waals surface area contributed by atoms with E-state index in [1.54, 1.807) is 60.0 Å². The fourth-order valence-electron chi connectivity index (χ4n) is 3.58. The smallest absolute Gasteiger partial charge is 0.338 e. The van der Waals surface area contributed by atoms with Crippen LogP contribution in [-0.2, 0) is 17.8 Å². The predicted octanol–water partition coefficient (Wildman–Crippen LogP) is 2.86. The Hall–Kier alpha value is -3.65. The Labute approximate surface area is 181 Å². The van der Waals surface area contributed by atoms with Crippen molar-refractivity contribution < 1.29 is 9.53 Å². The Morgan fingerprint density at radius 3 is 2.61 bits per heavy atom. The van der Waals surface area contributed by atoms with Gasteiger partial charge in [-0.2, -0.15) is 0 Å². The summed E-state index contributed by atoms with van der Waals surface area (Å²) >= 11 is 6.12. The molecule has 2 heterocycles. The summed E-state index contributed by atoms with van der Waals surface area (Å²) in [6.07, 6.45) is 1.49. The molecule has 0 saturated carbocycles. The first-order valence-corrected chi connectivity index (χ1v) is 9.97. The van der Waals surface area contributed by atoms with Crippen molar-refractivity contribution in [2.45, 2.75) is 20.0 Å². The second-order valence-corrected chi connectivity index (χ2v) is 7.28. The molecule has 4 rings (SSSR count). The Balaban J connectivity index is 1.97. The Kier molecular flexibility index (Phi) is 5.48. The lowest BCUT2D eigenvalue weighted by Crippen LogP contribution is -2.39. The maximum absolute atomic E-state index is 13.1.